The number of amides is 1. The van der Waals surface area contributed by atoms with Crippen LogP contribution in [0.15, 0.2) is 24.3 Å². The van der Waals surface area contributed by atoms with Gasteiger partial charge in [0.15, 0.2) is 6.61 Å². The van der Waals surface area contributed by atoms with Crippen molar-refractivity contribution in [1.82, 2.24) is 5.32 Å². The Labute approximate surface area is 124 Å². The number of hydrogen-bond acceptors (Lipinski definition) is 4. The van der Waals surface area contributed by atoms with Gasteiger partial charge in [-0.15, -0.1) is 0 Å². The lowest BCUT2D eigenvalue weighted by molar-refractivity contribution is -0.124. The molecule has 1 aromatic carbocycles. The molecule has 1 aliphatic carbocycles. The number of benzene rings is 1. The molecule has 0 aromatic heterocycles. The Hall–Kier alpha value is -2.06. The number of carbonyl (C=O) groups excluding carboxylic acids is 1. The zero-order valence-corrected chi connectivity index (χ0v) is 11.9. The monoisotopic (exact) mass is 288 g/mol. The maximum Gasteiger partial charge on any atom is 0.258 e. The minimum Gasteiger partial charge on any atom is -0.482 e. The molecule has 1 aliphatic rings. The quantitative estimate of drug-likeness (QED) is 0.862. The summed E-state index contributed by atoms with van der Waals surface area (Å²) >= 11 is 0. The van der Waals surface area contributed by atoms with Crippen LogP contribution in [0, 0.1) is 17.2 Å². The normalized spacial score (nSPS) is 21.3. The van der Waals surface area contributed by atoms with Crippen LogP contribution in [-0.4, -0.2) is 30.3 Å². The van der Waals surface area contributed by atoms with Crippen LogP contribution in [0.4, 0.5) is 0 Å². The molecule has 21 heavy (non-hydrogen) atoms. The zero-order valence-electron chi connectivity index (χ0n) is 11.9. The second-order valence-corrected chi connectivity index (χ2v) is 5.30. The summed E-state index contributed by atoms with van der Waals surface area (Å²) in [5, 5.41) is 21.2. The first kappa shape index (κ1) is 15.3. The predicted octanol–water partition coefficient (Wildman–Crippen LogP) is 1.60. The Kier molecular flexibility index (Phi) is 5.59. The Morgan fingerprint density at radius 2 is 2.14 bits per heavy atom. The van der Waals surface area contributed by atoms with Crippen LogP contribution >= 0.6 is 0 Å². The lowest BCUT2D eigenvalue weighted by Gasteiger charge is -2.30. The lowest BCUT2D eigenvalue weighted by Crippen LogP contribution is -2.45. The summed E-state index contributed by atoms with van der Waals surface area (Å²) < 4.78 is 5.40. The molecular formula is C16H20N2O3. The molecule has 1 aromatic rings. The largest absolute Gasteiger partial charge is 0.482 e. The molecule has 5 nitrogen and oxygen atoms in total. The molecule has 2 rings (SSSR count). The van der Waals surface area contributed by atoms with Crippen molar-refractivity contribution in [3.8, 4) is 11.8 Å². The van der Waals surface area contributed by atoms with Crippen LogP contribution < -0.4 is 10.1 Å². The average molecular weight is 288 g/mol. The van der Waals surface area contributed by atoms with E-state index in [1.54, 1.807) is 24.3 Å². The molecular weight excluding hydrogens is 268 g/mol. The minimum absolute atomic E-state index is 0.0195. The molecule has 1 saturated carbocycles. The van der Waals surface area contributed by atoms with E-state index in [-0.39, 0.29) is 31.1 Å². The number of rotatable bonds is 5. The van der Waals surface area contributed by atoms with Gasteiger partial charge in [-0.25, -0.2) is 0 Å². The van der Waals surface area contributed by atoms with Gasteiger partial charge in [-0.05, 0) is 25.0 Å². The van der Waals surface area contributed by atoms with Crippen LogP contribution in [-0.2, 0) is 4.79 Å². The topological polar surface area (TPSA) is 82.3 Å². The van der Waals surface area contributed by atoms with E-state index in [0.29, 0.717) is 11.3 Å². The molecule has 1 amide bonds. The SMILES string of the molecule is N#Cc1ccccc1OCC(=O)NC1CCCCC1CO. The number of para-hydroxylation sites is 1. The Balaban J connectivity index is 1.86. The van der Waals surface area contributed by atoms with Gasteiger partial charge in [-0.1, -0.05) is 25.0 Å². The van der Waals surface area contributed by atoms with Gasteiger partial charge in [0.2, 0.25) is 0 Å². The third kappa shape index (κ3) is 4.20. The molecule has 2 atom stereocenters. The molecule has 0 aliphatic heterocycles. The molecule has 2 unspecified atom stereocenters. The minimum atomic E-state index is -0.215. The van der Waals surface area contributed by atoms with Crippen molar-refractivity contribution < 1.29 is 14.6 Å². The second-order valence-electron chi connectivity index (χ2n) is 5.30. The van der Waals surface area contributed by atoms with Crippen molar-refractivity contribution in [2.45, 2.75) is 31.7 Å². The third-order valence-corrected chi connectivity index (χ3v) is 3.86. The lowest BCUT2D eigenvalue weighted by atomic mass is 9.85. The predicted molar refractivity (Wildman–Crippen MR) is 77.6 cm³/mol. The maximum absolute atomic E-state index is 11.9. The van der Waals surface area contributed by atoms with Gasteiger partial charge in [0.1, 0.15) is 11.8 Å². The summed E-state index contributed by atoms with van der Waals surface area (Å²) in [6.07, 6.45) is 4.01. The van der Waals surface area contributed by atoms with E-state index in [2.05, 4.69) is 5.32 Å². The summed E-state index contributed by atoms with van der Waals surface area (Å²) in [4.78, 5) is 11.9. The number of nitrogens with zero attached hydrogens (tertiary/aromatic N) is 1. The van der Waals surface area contributed by atoms with E-state index in [0.717, 1.165) is 25.7 Å². The molecule has 0 bridgehead atoms. The zero-order chi connectivity index (χ0) is 15.1. The summed E-state index contributed by atoms with van der Waals surface area (Å²) in [5.41, 5.74) is 0.413. The van der Waals surface area contributed by atoms with Crippen molar-refractivity contribution >= 4 is 5.91 Å². The third-order valence-electron chi connectivity index (χ3n) is 3.86. The number of aliphatic hydroxyl groups is 1. The van der Waals surface area contributed by atoms with Crippen molar-refractivity contribution in [3.05, 3.63) is 29.8 Å². The van der Waals surface area contributed by atoms with E-state index >= 15 is 0 Å². The second kappa shape index (κ2) is 7.65. The number of carbonyl (C=O) groups is 1. The van der Waals surface area contributed by atoms with Gasteiger partial charge in [0.05, 0.1) is 5.56 Å². The highest BCUT2D eigenvalue weighted by molar-refractivity contribution is 5.78. The standard InChI is InChI=1S/C16H20N2O3/c17-9-12-5-2-4-8-15(12)21-11-16(20)18-14-7-3-1-6-13(14)10-19/h2,4-5,8,13-14,19H,1,3,6-7,10-11H2,(H,18,20). The fraction of sp³-hybridized carbons (Fsp3) is 0.500. The van der Waals surface area contributed by atoms with Gasteiger partial charge in [-0.2, -0.15) is 5.26 Å². The van der Waals surface area contributed by atoms with Gasteiger partial charge in [-0.3, -0.25) is 4.79 Å². The van der Waals surface area contributed by atoms with Crippen LogP contribution in [0.1, 0.15) is 31.2 Å². The van der Waals surface area contributed by atoms with Crippen molar-refractivity contribution in [2.24, 2.45) is 5.92 Å². The van der Waals surface area contributed by atoms with Gasteiger partial charge in [0.25, 0.3) is 5.91 Å². The van der Waals surface area contributed by atoms with Crippen molar-refractivity contribution in [3.63, 3.8) is 0 Å². The number of aliphatic hydroxyl groups excluding tert-OH is 1. The molecule has 0 radical (unpaired) electrons. The maximum atomic E-state index is 11.9. The summed E-state index contributed by atoms with van der Waals surface area (Å²) in [6.45, 7) is -0.0174. The van der Waals surface area contributed by atoms with Crippen molar-refractivity contribution in [1.29, 1.82) is 5.26 Å². The molecule has 0 saturated heterocycles. The Morgan fingerprint density at radius 1 is 1.38 bits per heavy atom. The van der Waals surface area contributed by atoms with E-state index in [1.807, 2.05) is 6.07 Å². The van der Waals surface area contributed by atoms with E-state index in [1.165, 1.54) is 0 Å². The number of ether oxygens (including phenoxy) is 1. The van der Waals surface area contributed by atoms with Crippen LogP contribution in [0.25, 0.3) is 0 Å². The Morgan fingerprint density at radius 3 is 2.90 bits per heavy atom. The van der Waals surface area contributed by atoms with Gasteiger partial charge >= 0.3 is 0 Å². The average Bonchev–Trinajstić information content (AvgIpc) is 2.53. The van der Waals surface area contributed by atoms with Gasteiger partial charge < -0.3 is 15.2 Å². The first-order valence-corrected chi connectivity index (χ1v) is 7.26. The molecule has 2 N–H and O–H groups in total. The van der Waals surface area contributed by atoms with Crippen LogP contribution in [0.5, 0.6) is 5.75 Å². The molecule has 0 heterocycles. The van der Waals surface area contributed by atoms with Gasteiger partial charge in [0, 0.05) is 18.6 Å². The fourth-order valence-electron chi connectivity index (χ4n) is 2.69. The highest BCUT2D eigenvalue weighted by Crippen LogP contribution is 2.24. The van der Waals surface area contributed by atoms with E-state index in [4.69, 9.17) is 10.00 Å². The first-order valence-electron chi connectivity index (χ1n) is 7.26. The first-order chi connectivity index (χ1) is 10.2. The molecule has 0 spiro atoms. The van der Waals surface area contributed by atoms with Crippen LogP contribution in [0.2, 0.25) is 0 Å². The molecule has 5 heteroatoms. The molecule has 1 fully saturated rings. The number of hydrogen-bond donors (Lipinski definition) is 2. The highest BCUT2D eigenvalue weighted by atomic mass is 16.5. The summed E-state index contributed by atoms with van der Waals surface area (Å²) in [5.74, 6) is 0.333. The van der Waals surface area contributed by atoms with Crippen LogP contribution in [0.3, 0.4) is 0 Å². The summed E-state index contributed by atoms with van der Waals surface area (Å²) in [7, 11) is 0. The summed E-state index contributed by atoms with van der Waals surface area (Å²) in [6, 6.07) is 8.88. The van der Waals surface area contributed by atoms with E-state index < -0.39 is 0 Å². The van der Waals surface area contributed by atoms with Crippen molar-refractivity contribution in [2.75, 3.05) is 13.2 Å². The molecule has 112 valence electrons. The number of nitriles is 1. The smallest absolute Gasteiger partial charge is 0.258 e. The highest BCUT2D eigenvalue weighted by Gasteiger charge is 2.25. The Bertz CT molecular complexity index is 524. The fourth-order valence-corrected chi connectivity index (χ4v) is 2.69. The van der Waals surface area contributed by atoms with E-state index in [9.17, 15) is 9.90 Å². The number of nitrogens with one attached hydrogen (secondary N) is 1.